The Kier molecular flexibility index (Phi) is 6.03. The largest absolute Gasteiger partial charge is 0.490 e. The Morgan fingerprint density at radius 1 is 1.10 bits per heavy atom. The predicted molar refractivity (Wildman–Crippen MR) is 84.1 cm³/mol. The zero-order chi connectivity index (χ0) is 15.2. The second-order valence-electron chi connectivity index (χ2n) is 6.43. The Morgan fingerprint density at radius 2 is 1.70 bits per heavy atom. The van der Waals surface area contributed by atoms with Crippen molar-refractivity contribution in [1.29, 1.82) is 0 Å². The first-order chi connectivity index (χ1) is 9.29. The Morgan fingerprint density at radius 3 is 2.25 bits per heavy atom. The molecule has 0 unspecified atom stereocenters. The zero-order valence-electron chi connectivity index (χ0n) is 13.5. The summed E-state index contributed by atoms with van der Waals surface area (Å²) in [7, 11) is 0. The van der Waals surface area contributed by atoms with Crippen LogP contribution in [0.3, 0.4) is 0 Å². The van der Waals surface area contributed by atoms with Crippen molar-refractivity contribution in [3.8, 4) is 5.75 Å². The van der Waals surface area contributed by atoms with Crippen LogP contribution in [-0.4, -0.2) is 22.9 Å². The fourth-order valence-corrected chi connectivity index (χ4v) is 1.82. The van der Waals surface area contributed by atoms with Crippen molar-refractivity contribution in [2.45, 2.75) is 65.1 Å². The fraction of sp³-hybridized carbons (Fsp3) is 0.647. The molecule has 0 fully saturated rings. The van der Waals surface area contributed by atoms with Crippen molar-refractivity contribution < 1.29 is 9.84 Å². The van der Waals surface area contributed by atoms with Crippen molar-refractivity contribution in [2.24, 2.45) is 0 Å². The summed E-state index contributed by atoms with van der Waals surface area (Å²) in [5.41, 5.74) is 0.461. The Bertz CT molecular complexity index is 406. The smallest absolute Gasteiger partial charge is 0.123 e. The number of nitrogens with one attached hydrogen (secondary N) is 1. The number of rotatable bonds is 7. The lowest BCUT2D eigenvalue weighted by atomic mass is 9.99. The summed E-state index contributed by atoms with van der Waals surface area (Å²) in [5, 5.41) is 13.8. The molecule has 1 aromatic carbocycles. The molecule has 3 heteroatoms. The van der Waals surface area contributed by atoms with E-state index < -0.39 is 5.60 Å². The molecule has 1 rings (SSSR count). The molecule has 0 aliphatic heterocycles. The van der Waals surface area contributed by atoms with Gasteiger partial charge in [-0.2, -0.15) is 0 Å². The van der Waals surface area contributed by atoms with E-state index >= 15 is 0 Å². The van der Waals surface area contributed by atoms with Crippen molar-refractivity contribution >= 4 is 0 Å². The lowest BCUT2D eigenvalue weighted by molar-refractivity contribution is -0.0116. The third-order valence-corrected chi connectivity index (χ3v) is 3.59. The Hall–Kier alpha value is -1.06. The van der Waals surface area contributed by atoms with Crippen molar-refractivity contribution in [3.05, 3.63) is 29.8 Å². The van der Waals surface area contributed by atoms with Gasteiger partial charge >= 0.3 is 0 Å². The highest BCUT2D eigenvalue weighted by atomic mass is 16.5. The summed E-state index contributed by atoms with van der Waals surface area (Å²) >= 11 is 0. The molecule has 0 aromatic heterocycles. The van der Waals surface area contributed by atoms with Gasteiger partial charge in [-0.25, -0.2) is 0 Å². The van der Waals surface area contributed by atoms with E-state index in [0.29, 0.717) is 19.4 Å². The number of aliphatic hydroxyl groups is 1. The number of para-hydroxylation sites is 1. The number of benzene rings is 1. The van der Waals surface area contributed by atoms with Crippen LogP contribution < -0.4 is 10.1 Å². The minimum Gasteiger partial charge on any atom is -0.490 e. The molecule has 0 saturated carbocycles. The SMILES string of the molecule is CCC(O)(CC)COc1ccccc1CNC(C)(C)C. The molecule has 0 aliphatic rings. The van der Waals surface area contributed by atoms with Crippen LogP contribution in [0.4, 0.5) is 0 Å². The molecular weight excluding hydrogens is 250 g/mol. The topological polar surface area (TPSA) is 41.5 Å². The van der Waals surface area contributed by atoms with Gasteiger partial charge in [0.05, 0.1) is 5.60 Å². The van der Waals surface area contributed by atoms with Crippen molar-refractivity contribution in [1.82, 2.24) is 5.32 Å². The van der Waals surface area contributed by atoms with Crippen LogP contribution in [0.1, 0.15) is 53.0 Å². The summed E-state index contributed by atoms with van der Waals surface area (Å²) < 4.78 is 5.86. The van der Waals surface area contributed by atoms with E-state index in [1.165, 1.54) is 0 Å². The zero-order valence-corrected chi connectivity index (χ0v) is 13.5. The average Bonchev–Trinajstić information content (AvgIpc) is 2.42. The monoisotopic (exact) mass is 279 g/mol. The minimum atomic E-state index is -0.732. The number of ether oxygens (including phenoxy) is 1. The van der Waals surface area contributed by atoms with Crippen LogP contribution in [0.2, 0.25) is 0 Å². The normalized spacial score (nSPS) is 12.5. The lowest BCUT2D eigenvalue weighted by Gasteiger charge is -2.26. The summed E-state index contributed by atoms with van der Waals surface area (Å²) in [6, 6.07) is 8.00. The molecular formula is C17H29NO2. The molecule has 0 amide bonds. The van der Waals surface area contributed by atoms with Crippen LogP contribution >= 0.6 is 0 Å². The van der Waals surface area contributed by atoms with Crippen LogP contribution in [0.25, 0.3) is 0 Å². The third-order valence-electron chi connectivity index (χ3n) is 3.59. The fourth-order valence-electron chi connectivity index (χ4n) is 1.82. The molecule has 0 heterocycles. The predicted octanol–water partition coefficient (Wildman–Crippen LogP) is 3.50. The average molecular weight is 279 g/mol. The van der Waals surface area contributed by atoms with E-state index in [4.69, 9.17) is 4.74 Å². The molecule has 114 valence electrons. The molecule has 0 aliphatic carbocycles. The van der Waals surface area contributed by atoms with E-state index in [0.717, 1.165) is 17.9 Å². The maximum atomic E-state index is 10.3. The molecule has 0 atom stereocenters. The van der Waals surface area contributed by atoms with Crippen LogP contribution in [0.5, 0.6) is 5.75 Å². The first-order valence-electron chi connectivity index (χ1n) is 7.48. The van der Waals surface area contributed by atoms with E-state index in [1.807, 2.05) is 32.0 Å². The van der Waals surface area contributed by atoms with Crippen molar-refractivity contribution in [2.75, 3.05) is 6.61 Å². The molecule has 0 bridgehead atoms. The van der Waals surface area contributed by atoms with Crippen LogP contribution in [-0.2, 0) is 6.54 Å². The molecule has 0 spiro atoms. The Balaban J connectivity index is 2.71. The van der Waals surface area contributed by atoms with Gasteiger partial charge in [0.25, 0.3) is 0 Å². The summed E-state index contributed by atoms with van der Waals surface area (Å²) in [6.07, 6.45) is 1.40. The minimum absolute atomic E-state index is 0.0701. The second-order valence-corrected chi connectivity index (χ2v) is 6.43. The van der Waals surface area contributed by atoms with E-state index in [-0.39, 0.29) is 5.54 Å². The van der Waals surface area contributed by atoms with Crippen molar-refractivity contribution in [3.63, 3.8) is 0 Å². The molecule has 1 aromatic rings. The Labute approximate surface area is 123 Å². The third kappa shape index (κ3) is 5.51. The number of hydrogen-bond donors (Lipinski definition) is 2. The van der Waals surface area contributed by atoms with Crippen LogP contribution in [0.15, 0.2) is 24.3 Å². The molecule has 2 N–H and O–H groups in total. The highest BCUT2D eigenvalue weighted by molar-refractivity contribution is 5.33. The summed E-state index contributed by atoms with van der Waals surface area (Å²) in [4.78, 5) is 0. The molecule has 0 radical (unpaired) electrons. The summed E-state index contributed by atoms with van der Waals surface area (Å²) in [6.45, 7) is 11.5. The lowest BCUT2D eigenvalue weighted by Crippen LogP contribution is -2.36. The van der Waals surface area contributed by atoms with Gasteiger partial charge in [-0.1, -0.05) is 32.0 Å². The second kappa shape index (κ2) is 7.09. The van der Waals surface area contributed by atoms with Gasteiger partial charge in [-0.05, 0) is 39.7 Å². The summed E-state index contributed by atoms with van der Waals surface area (Å²) in [5.74, 6) is 0.851. The van der Waals surface area contributed by atoms with Gasteiger partial charge in [0.15, 0.2) is 0 Å². The molecule has 0 saturated heterocycles. The molecule has 20 heavy (non-hydrogen) atoms. The van der Waals surface area contributed by atoms with Gasteiger partial charge < -0.3 is 15.2 Å². The highest BCUT2D eigenvalue weighted by Gasteiger charge is 2.23. The first kappa shape index (κ1) is 17.0. The van der Waals surface area contributed by atoms with Gasteiger partial charge in [-0.3, -0.25) is 0 Å². The van der Waals surface area contributed by atoms with E-state index in [2.05, 4.69) is 32.2 Å². The standard InChI is InChI=1S/C17H29NO2/c1-6-17(19,7-2)13-20-15-11-9-8-10-14(15)12-18-16(3,4)5/h8-11,18-19H,6-7,12-13H2,1-5H3. The first-order valence-corrected chi connectivity index (χ1v) is 7.48. The maximum Gasteiger partial charge on any atom is 0.123 e. The van der Waals surface area contributed by atoms with Gasteiger partial charge in [0.2, 0.25) is 0 Å². The highest BCUT2D eigenvalue weighted by Crippen LogP contribution is 2.22. The molecule has 3 nitrogen and oxygen atoms in total. The van der Waals surface area contributed by atoms with E-state index in [1.54, 1.807) is 0 Å². The number of hydrogen-bond acceptors (Lipinski definition) is 3. The quantitative estimate of drug-likeness (QED) is 0.802. The van der Waals surface area contributed by atoms with E-state index in [9.17, 15) is 5.11 Å². The van der Waals surface area contributed by atoms with Gasteiger partial charge in [-0.15, -0.1) is 0 Å². The maximum absolute atomic E-state index is 10.3. The van der Waals surface area contributed by atoms with Gasteiger partial charge in [0, 0.05) is 17.6 Å². The van der Waals surface area contributed by atoms with Gasteiger partial charge in [0.1, 0.15) is 12.4 Å². The van der Waals surface area contributed by atoms with Crippen LogP contribution in [0, 0.1) is 0 Å².